The minimum absolute atomic E-state index is 0.398. The van der Waals surface area contributed by atoms with Crippen LogP contribution in [0.2, 0.25) is 0 Å². The smallest absolute Gasteiger partial charge is 0.101 e. The number of nitriles is 2. The first kappa shape index (κ1) is 21.7. The van der Waals surface area contributed by atoms with Crippen LogP contribution in [0.15, 0.2) is 97.1 Å². The van der Waals surface area contributed by atoms with Gasteiger partial charge in [0, 0.05) is 37.6 Å². The van der Waals surface area contributed by atoms with E-state index in [9.17, 15) is 10.5 Å². The van der Waals surface area contributed by atoms with Crippen molar-refractivity contribution in [1.29, 1.82) is 10.5 Å². The highest BCUT2D eigenvalue weighted by Crippen LogP contribution is 2.33. The van der Waals surface area contributed by atoms with E-state index in [1.54, 1.807) is 0 Å². The molecule has 0 saturated carbocycles. The molecule has 0 saturated heterocycles. The van der Waals surface area contributed by atoms with Crippen molar-refractivity contribution >= 4 is 22.5 Å². The third-order valence-electron chi connectivity index (χ3n) is 7.20. The summed E-state index contributed by atoms with van der Waals surface area (Å²) in [6.07, 6.45) is 0. The Bertz CT molecular complexity index is 1380. The number of anilines is 2. The first-order valence-corrected chi connectivity index (χ1v) is 12.1. The van der Waals surface area contributed by atoms with Gasteiger partial charge in [-0.2, -0.15) is 10.5 Å². The van der Waals surface area contributed by atoms with Crippen molar-refractivity contribution < 1.29 is 0 Å². The predicted octanol–water partition coefficient (Wildman–Crippen LogP) is 6.68. The number of allylic oxidation sites excluding steroid dienone is 2. The quantitative estimate of drug-likeness (QED) is 0.250. The van der Waals surface area contributed by atoms with Gasteiger partial charge in [-0.3, -0.25) is 0 Å². The van der Waals surface area contributed by atoms with E-state index in [1.807, 2.05) is 48.5 Å². The van der Waals surface area contributed by atoms with Gasteiger partial charge in [0.25, 0.3) is 0 Å². The van der Waals surface area contributed by atoms with Crippen molar-refractivity contribution in [3.63, 3.8) is 0 Å². The molecule has 0 atom stereocenters. The van der Waals surface area contributed by atoms with Gasteiger partial charge in [0.05, 0.1) is 11.1 Å². The van der Waals surface area contributed by atoms with E-state index in [2.05, 4.69) is 70.5 Å². The van der Waals surface area contributed by atoms with Crippen molar-refractivity contribution in [2.24, 2.45) is 0 Å². The average Bonchev–Trinajstić information content (AvgIpc) is 3.56. The lowest BCUT2D eigenvalue weighted by Crippen LogP contribution is -2.14. The van der Waals surface area contributed by atoms with E-state index >= 15 is 0 Å². The Morgan fingerprint density at radius 2 is 0.778 bits per heavy atom. The first-order valence-electron chi connectivity index (χ1n) is 12.1. The van der Waals surface area contributed by atoms with Gasteiger partial charge in [0.2, 0.25) is 0 Å². The molecule has 0 unspecified atom stereocenters. The summed E-state index contributed by atoms with van der Waals surface area (Å²) in [5, 5.41) is 20.0. The Kier molecular flexibility index (Phi) is 5.49. The maximum Gasteiger partial charge on any atom is 0.101 e. The van der Waals surface area contributed by atoms with Crippen LogP contribution < -0.4 is 9.80 Å². The zero-order valence-corrected chi connectivity index (χ0v) is 19.9. The molecule has 4 aromatic carbocycles. The molecule has 0 bridgehead atoms. The lowest BCUT2D eigenvalue weighted by Gasteiger charge is -2.18. The Hall–Kier alpha value is -4.80. The standard InChI is InChI=1S/C32H24N4/c33-17-31(23-9-13-29(14-10-23)35-19-25-5-1-2-6-26(25)20-35)32(18-34)24-11-15-30(16-12-24)36-21-27-7-3-4-8-28(27)22-36/h1-16H,19-22H2. The number of fused-ring (bicyclic) bond motifs is 2. The molecule has 0 N–H and O–H groups in total. The molecule has 0 amide bonds. The molecule has 0 aliphatic carbocycles. The largest absolute Gasteiger partial charge is 0.363 e. The van der Waals surface area contributed by atoms with E-state index in [1.165, 1.54) is 22.3 Å². The van der Waals surface area contributed by atoms with Crippen LogP contribution in [0.4, 0.5) is 11.4 Å². The molecule has 4 heteroatoms. The summed E-state index contributed by atoms with van der Waals surface area (Å²) in [7, 11) is 0. The van der Waals surface area contributed by atoms with Gasteiger partial charge in [-0.1, -0.05) is 72.8 Å². The monoisotopic (exact) mass is 464 g/mol. The predicted molar refractivity (Wildman–Crippen MR) is 144 cm³/mol. The molecule has 36 heavy (non-hydrogen) atoms. The SMILES string of the molecule is N#CC(=C(C#N)c1ccc(N2Cc3ccccc3C2)cc1)c1ccc(N2Cc3ccccc3C2)cc1. The molecule has 0 fully saturated rings. The molecule has 4 nitrogen and oxygen atoms in total. The average molecular weight is 465 g/mol. The summed E-state index contributed by atoms with van der Waals surface area (Å²) in [5.74, 6) is 0. The fourth-order valence-electron chi connectivity index (χ4n) is 5.24. The number of rotatable bonds is 4. The second-order valence-corrected chi connectivity index (χ2v) is 9.32. The van der Waals surface area contributed by atoms with Crippen LogP contribution in [0.1, 0.15) is 33.4 Å². The van der Waals surface area contributed by atoms with Crippen LogP contribution in [-0.2, 0) is 26.2 Å². The van der Waals surface area contributed by atoms with Gasteiger partial charge in [-0.05, 0) is 57.6 Å². The molecule has 2 aliphatic heterocycles. The Morgan fingerprint density at radius 1 is 0.472 bits per heavy atom. The fraction of sp³-hybridized carbons (Fsp3) is 0.125. The number of hydrogen-bond acceptors (Lipinski definition) is 4. The van der Waals surface area contributed by atoms with E-state index < -0.39 is 0 Å². The van der Waals surface area contributed by atoms with E-state index in [-0.39, 0.29) is 0 Å². The highest BCUT2D eigenvalue weighted by molar-refractivity contribution is 6.02. The fourth-order valence-corrected chi connectivity index (χ4v) is 5.24. The van der Waals surface area contributed by atoms with Crippen molar-refractivity contribution in [2.45, 2.75) is 26.2 Å². The molecule has 2 aliphatic rings. The van der Waals surface area contributed by atoms with Gasteiger partial charge < -0.3 is 9.80 Å². The second kappa shape index (κ2) is 9.10. The molecule has 2 heterocycles. The van der Waals surface area contributed by atoms with Crippen LogP contribution >= 0.6 is 0 Å². The van der Waals surface area contributed by atoms with E-state index in [0.717, 1.165) is 48.7 Å². The van der Waals surface area contributed by atoms with Crippen LogP contribution in [0, 0.1) is 22.7 Å². The topological polar surface area (TPSA) is 54.1 Å². The second-order valence-electron chi connectivity index (χ2n) is 9.32. The summed E-state index contributed by atoms with van der Waals surface area (Å²) in [6, 6.07) is 37.5. The molecule has 4 aromatic rings. The Labute approximate surface area is 211 Å². The number of hydrogen-bond donors (Lipinski definition) is 0. The molecule has 6 rings (SSSR count). The van der Waals surface area contributed by atoms with Crippen LogP contribution in [0.3, 0.4) is 0 Å². The van der Waals surface area contributed by atoms with Gasteiger partial charge in [-0.25, -0.2) is 0 Å². The lowest BCUT2D eigenvalue weighted by atomic mass is 9.96. The summed E-state index contributed by atoms with van der Waals surface area (Å²) >= 11 is 0. The Balaban J connectivity index is 1.24. The highest BCUT2D eigenvalue weighted by Gasteiger charge is 2.20. The summed E-state index contributed by atoms with van der Waals surface area (Å²) < 4.78 is 0. The Morgan fingerprint density at radius 3 is 1.06 bits per heavy atom. The molecule has 172 valence electrons. The zero-order chi connectivity index (χ0) is 24.5. The normalized spacial score (nSPS) is 14.5. The van der Waals surface area contributed by atoms with Gasteiger partial charge in [0.1, 0.15) is 12.1 Å². The van der Waals surface area contributed by atoms with Gasteiger partial charge in [-0.15, -0.1) is 0 Å². The summed E-state index contributed by atoms with van der Waals surface area (Å²) in [5.41, 5.74) is 9.95. The van der Waals surface area contributed by atoms with Crippen molar-refractivity contribution in [3.8, 4) is 12.1 Å². The van der Waals surface area contributed by atoms with E-state index in [4.69, 9.17) is 0 Å². The lowest BCUT2D eigenvalue weighted by molar-refractivity contribution is 0.880. The van der Waals surface area contributed by atoms with Crippen molar-refractivity contribution in [2.75, 3.05) is 9.80 Å². The molecule has 0 aromatic heterocycles. The maximum atomic E-state index is 9.99. The highest BCUT2D eigenvalue weighted by atomic mass is 15.1. The number of nitrogens with zero attached hydrogens (tertiary/aromatic N) is 4. The third kappa shape index (κ3) is 3.90. The van der Waals surface area contributed by atoms with Crippen LogP contribution in [-0.4, -0.2) is 0 Å². The molecule has 0 spiro atoms. The molecular formula is C32H24N4. The first-order chi connectivity index (χ1) is 17.7. The molecular weight excluding hydrogens is 440 g/mol. The van der Waals surface area contributed by atoms with Crippen LogP contribution in [0.25, 0.3) is 11.1 Å². The van der Waals surface area contributed by atoms with E-state index in [0.29, 0.717) is 11.1 Å². The van der Waals surface area contributed by atoms with Crippen LogP contribution in [0.5, 0.6) is 0 Å². The van der Waals surface area contributed by atoms with Crippen molar-refractivity contribution in [3.05, 3.63) is 130 Å². The zero-order valence-electron chi connectivity index (χ0n) is 19.9. The number of benzene rings is 4. The van der Waals surface area contributed by atoms with Gasteiger partial charge in [0.15, 0.2) is 0 Å². The minimum atomic E-state index is 0.398. The van der Waals surface area contributed by atoms with Gasteiger partial charge >= 0.3 is 0 Å². The summed E-state index contributed by atoms with van der Waals surface area (Å²) in [6.45, 7) is 3.53. The van der Waals surface area contributed by atoms with Crippen molar-refractivity contribution in [1.82, 2.24) is 0 Å². The minimum Gasteiger partial charge on any atom is -0.363 e. The molecule has 0 radical (unpaired) electrons. The third-order valence-corrected chi connectivity index (χ3v) is 7.20. The summed E-state index contributed by atoms with van der Waals surface area (Å²) in [4.78, 5) is 4.65. The maximum absolute atomic E-state index is 9.99.